The summed E-state index contributed by atoms with van der Waals surface area (Å²) in [6.07, 6.45) is 0. The van der Waals surface area contributed by atoms with Crippen LogP contribution in [0.2, 0.25) is 0 Å². The van der Waals surface area contributed by atoms with Crippen molar-refractivity contribution in [2.45, 2.75) is 38.5 Å². The van der Waals surface area contributed by atoms with Gasteiger partial charge in [-0.2, -0.15) is 0 Å². The molecule has 18 rings (SSSR count). The summed E-state index contributed by atoms with van der Waals surface area (Å²) in [6.45, 7) is 9.37. The van der Waals surface area contributed by atoms with E-state index in [9.17, 15) is 0 Å². The Labute approximate surface area is 558 Å². The van der Waals surface area contributed by atoms with Gasteiger partial charge in [-0.05, 0) is 225 Å². The molecule has 94 heavy (non-hydrogen) atoms. The molecule has 447 valence electrons. The van der Waals surface area contributed by atoms with Crippen molar-refractivity contribution >= 4 is 88.2 Å². The van der Waals surface area contributed by atoms with Crippen molar-refractivity contribution in [3.05, 3.63) is 342 Å². The second-order valence-electron chi connectivity index (χ2n) is 25.9. The Morgan fingerprint density at radius 1 is 0.266 bits per heavy atom. The molecule has 0 amide bonds. The van der Waals surface area contributed by atoms with Gasteiger partial charge >= 0.3 is 7.69 Å². The zero-order valence-electron chi connectivity index (χ0n) is 52.8. The van der Waals surface area contributed by atoms with Crippen LogP contribution in [0, 0.1) is 0 Å². The van der Waals surface area contributed by atoms with Gasteiger partial charge in [0.2, 0.25) is 0 Å². The third kappa shape index (κ3) is 10.1. The average molecular weight is 1270 g/mol. The van der Waals surface area contributed by atoms with Crippen molar-refractivity contribution in [3.63, 3.8) is 0 Å². The molecule has 16 aromatic rings. The Bertz CT molecular complexity index is 5540. The van der Waals surface area contributed by atoms with Crippen LogP contribution in [0.3, 0.4) is 0 Å². The van der Waals surface area contributed by atoms with Crippen LogP contribution in [0.25, 0.3) is 143 Å². The molecule has 0 aliphatic heterocycles. The summed E-state index contributed by atoms with van der Waals surface area (Å²) in [5, 5.41) is 24.2. The molecule has 0 heterocycles. The molecule has 0 unspecified atom stereocenters. The topological polar surface area (TPSA) is 29.5 Å². The van der Waals surface area contributed by atoms with Crippen LogP contribution in [-0.4, -0.2) is 12.7 Å². The fourth-order valence-electron chi connectivity index (χ4n) is 15.4. The molecule has 0 atom stereocenters. The zero-order valence-corrected chi connectivity index (χ0v) is 54.4. The van der Waals surface area contributed by atoms with Gasteiger partial charge in [-0.3, -0.25) is 0 Å². The van der Waals surface area contributed by atoms with Crippen molar-refractivity contribution in [3.8, 4) is 83.6 Å². The lowest BCUT2D eigenvalue weighted by molar-refractivity contribution is 0.454. The Morgan fingerprint density at radius 3 is 1.02 bits per heavy atom. The van der Waals surface area contributed by atoms with Crippen LogP contribution in [0.1, 0.15) is 49.9 Å². The average Bonchev–Trinajstić information content (AvgIpc) is 1.47. The number of halogens is 1. The second-order valence-corrected chi connectivity index (χ2v) is 26.9. The smallest absolute Gasteiger partial charge is 0.537 e. The van der Waals surface area contributed by atoms with Crippen LogP contribution in [0.15, 0.2) is 320 Å². The van der Waals surface area contributed by atoms with Gasteiger partial charge in [0.1, 0.15) is 5.75 Å². The molecule has 0 aromatic heterocycles. The first-order chi connectivity index (χ1) is 46.0. The minimum atomic E-state index is -0.0343. The molecule has 0 saturated carbocycles. The van der Waals surface area contributed by atoms with Crippen molar-refractivity contribution in [1.29, 1.82) is 0 Å². The van der Waals surface area contributed by atoms with E-state index < -0.39 is 0 Å². The standard InChI is InChI=1S/C45H32.C26H18BO2.C19H15Br/c1-45(2)41-24-23-33(27-39(41)40-26-31-15-6-7-16-32(31)28-42(40)45)30-17-12-18-34(25-30)44-37-21-10-8-19-35(37)43(29-13-4-3-5-14-29)36-20-9-11-22-38(36)44;28-27-29-20-12-8-11-19(17-20)26-23-15-6-4-13-21(23)25(18-9-2-1-3-10-18)22-14-5-7-16-24(22)26;1-19(2)17-8-7-14(20)11-16(17)15-9-12-5-3-4-6-13(12)10-18(15)19/h3-28H,1-2H3;1-17,28H;3-11H,1-2H3. The lowest BCUT2D eigenvalue weighted by Crippen LogP contribution is -2.14. The van der Waals surface area contributed by atoms with E-state index in [0.29, 0.717) is 13.4 Å². The molecule has 1 radical (unpaired) electrons. The maximum Gasteiger partial charge on any atom is 0.569 e. The van der Waals surface area contributed by atoms with Gasteiger partial charge < -0.3 is 9.68 Å². The molecular formula is C90H65BBrO2. The van der Waals surface area contributed by atoms with E-state index in [-0.39, 0.29) is 10.8 Å². The largest absolute Gasteiger partial charge is 0.569 e. The normalized spacial score (nSPS) is 13.0. The van der Waals surface area contributed by atoms with Gasteiger partial charge in [-0.1, -0.05) is 298 Å². The minimum absolute atomic E-state index is 0.0343. The summed E-state index contributed by atoms with van der Waals surface area (Å²) in [6, 6.07) is 114. The molecule has 4 heteroatoms. The lowest BCUT2D eigenvalue weighted by atomic mass is 9.81. The summed E-state index contributed by atoms with van der Waals surface area (Å²) < 4.78 is 6.36. The maximum absolute atomic E-state index is 9.04. The van der Waals surface area contributed by atoms with E-state index in [2.05, 4.69) is 335 Å². The van der Waals surface area contributed by atoms with E-state index in [4.69, 9.17) is 9.68 Å². The highest BCUT2D eigenvalue weighted by Crippen LogP contribution is 2.53. The van der Waals surface area contributed by atoms with Gasteiger partial charge in [0, 0.05) is 15.3 Å². The van der Waals surface area contributed by atoms with Crippen LogP contribution in [0.5, 0.6) is 5.75 Å². The number of rotatable bonds is 7. The summed E-state index contributed by atoms with van der Waals surface area (Å²) in [5.41, 5.74) is 23.4. The Hall–Kier alpha value is -10.6. The summed E-state index contributed by atoms with van der Waals surface area (Å²) >= 11 is 3.60. The van der Waals surface area contributed by atoms with Gasteiger partial charge in [-0.25, -0.2) is 0 Å². The van der Waals surface area contributed by atoms with Crippen LogP contribution < -0.4 is 4.65 Å². The van der Waals surface area contributed by atoms with Crippen LogP contribution in [0.4, 0.5) is 0 Å². The lowest BCUT2D eigenvalue weighted by Gasteiger charge is -2.22. The molecule has 0 spiro atoms. The number of hydrogen-bond donors (Lipinski definition) is 1. The minimum Gasteiger partial charge on any atom is -0.537 e. The highest BCUT2D eigenvalue weighted by Gasteiger charge is 2.37. The van der Waals surface area contributed by atoms with E-state index >= 15 is 0 Å². The van der Waals surface area contributed by atoms with Crippen molar-refractivity contribution in [1.82, 2.24) is 0 Å². The summed E-state index contributed by atoms with van der Waals surface area (Å²) in [4.78, 5) is 0. The van der Waals surface area contributed by atoms with E-state index in [1.807, 2.05) is 24.3 Å². The predicted octanol–water partition coefficient (Wildman–Crippen LogP) is 24.6. The molecule has 0 bridgehead atoms. The Kier molecular flexibility index (Phi) is 14.8. The monoisotopic (exact) mass is 1270 g/mol. The van der Waals surface area contributed by atoms with Gasteiger partial charge in [0.05, 0.1) is 0 Å². The van der Waals surface area contributed by atoms with Crippen molar-refractivity contribution in [2.24, 2.45) is 0 Å². The van der Waals surface area contributed by atoms with Crippen LogP contribution >= 0.6 is 15.9 Å². The highest BCUT2D eigenvalue weighted by molar-refractivity contribution is 9.10. The Morgan fingerprint density at radius 2 is 0.585 bits per heavy atom. The molecule has 2 nitrogen and oxygen atoms in total. The molecule has 2 aliphatic rings. The van der Waals surface area contributed by atoms with Crippen molar-refractivity contribution in [2.75, 3.05) is 0 Å². The maximum atomic E-state index is 9.04. The van der Waals surface area contributed by atoms with Gasteiger partial charge in [-0.15, -0.1) is 0 Å². The number of fused-ring (bicyclic) bond motifs is 12. The Balaban J connectivity index is 0.000000122. The molecule has 1 N–H and O–H groups in total. The van der Waals surface area contributed by atoms with E-state index in [1.54, 1.807) is 0 Å². The summed E-state index contributed by atoms with van der Waals surface area (Å²) in [5.74, 6) is 0.602. The first-order valence-corrected chi connectivity index (χ1v) is 33.1. The fraction of sp³-hybridized carbons (Fsp3) is 0.0667. The first-order valence-electron chi connectivity index (χ1n) is 32.4. The van der Waals surface area contributed by atoms with Crippen molar-refractivity contribution < 1.29 is 9.68 Å². The molecule has 0 saturated heterocycles. The first kappa shape index (κ1) is 58.5. The van der Waals surface area contributed by atoms with E-state index in [0.717, 1.165) is 10.0 Å². The third-order valence-corrected chi connectivity index (χ3v) is 20.3. The third-order valence-electron chi connectivity index (χ3n) is 19.8. The van der Waals surface area contributed by atoms with Crippen LogP contribution in [-0.2, 0) is 10.8 Å². The second kappa shape index (κ2) is 23.8. The SMILES string of the molecule is CC1(C)c2ccc(-c3cccc(-c4c5ccccc5c(-c5ccccc5)c5ccccc45)c3)cc2-c2cc3ccccc3cc21.CC1(C)c2ccc(Br)cc2-c2cc3ccccc3cc21.O[B]Oc1cccc(-c2c3ccccc3c(-c3ccccc3)c3ccccc23)c1. The van der Waals surface area contributed by atoms with Gasteiger partial charge in [0.25, 0.3) is 0 Å². The number of hydrogen-bond acceptors (Lipinski definition) is 2. The van der Waals surface area contributed by atoms with E-state index in [1.165, 1.54) is 159 Å². The predicted molar refractivity (Wildman–Crippen MR) is 403 cm³/mol. The molecule has 0 fully saturated rings. The zero-order chi connectivity index (χ0) is 63.7. The van der Waals surface area contributed by atoms with Gasteiger partial charge in [0.15, 0.2) is 0 Å². The molecular weight excluding hydrogens is 1200 g/mol. The number of benzene rings is 16. The quantitative estimate of drug-likeness (QED) is 0.127. The highest BCUT2D eigenvalue weighted by atomic mass is 79.9. The molecule has 2 aliphatic carbocycles. The summed E-state index contributed by atoms with van der Waals surface area (Å²) in [7, 11) is 0.716. The molecule has 16 aromatic carbocycles. The fourth-order valence-corrected chi connectivity index (χ4v) is 15.7.